The maximum Gasteiger partial charge on any atom is 0.264 e. The number of benzene rings is 4. The van der Waals surface area contributed by atoms with E-state index in [-0.39, 0.29) is 29.5 Å². The van der Waals surface area contributed by atoms with Crippen LogP contribution in [-0.2, 0) is 32.6 Å². The molecule has 2 amide bonds. The van der Waals surface area contributed by atoms with Gasteiger partial charge in [0.25, 0.3) is 10.0 Å². The van der Waals surface area contributed by atoms with E-state index in [9.17, 15) is 18.0 Å². The first-order valence-electron chi connectivity index (χ1n) is 14.4. The van der Waals surface area contributed by atoms with Gasteiger partial charge in [0.1, 0.15) is 12.6 Å². The lowest BCUT2D eigenvalue weighted by atomic mass is 10.0. The number of nitrogens with zero attached hydrogens (tertiary/aromatic N) is 2. The van der Waals surface area contributed by atoms with E-state index in [1.807, 2.05) is 67.6 Å². The molecule has 0 heterocycles. The number of carbonyl (C=O) groups excluding carboxylic acids is 2. The van der Waals surface area contributed by atoms with E-state index >= 15 is 0 Å². The molecule has 0 bridgehead atoms. The van der Waals surface area contributed by atoms with Crippen molar-refractivity contribution >= 4 is 50.7 Å². The van der Waals surface area contributed by atoms with E-state index in [1.54, 1.807) is 18.2 Å². The first-order valence-corrected chi connectivity index (χ1v) is 16.6. The zero-order valence-corrected chi connectivity index (χ0v) is 26.7. The van der Waals surface area contributed by atoms with E-state index in [1.165, 1.54) is 35.2 Å². The molecule has 0 spiro atoms. The van der Waals surface area contributed by atoms with Crippen molar-refractivity contribution in [3.63, 3.8) is 0 Å². The molecular formula is C34H35Cl2N3O4S. The summed E-state index contributed by atoms with van der Waals surface area (Å²) in [4.78, 5) is 29.6. The van der Waals surface area contributed by atoms with Gasteiger partial charge in [0.15, 0.2) is 0 Å². The lowest BCUT2D eigenvalue weighted by molar-refractivity contribution is -0.140. The number of carbonyl (C=O) groups is 2. The maximum atomic E-state index is 14.4. The van der Waals surface area contributed by atoms with Gasteiger partial charge in [-0.25, -0.2) is 8.42 Å². The summed E-state index contributed by atoms with van der Waals surface area (Å²) in [6.07, 6.45) is 1.93. The fourth-order valence-corrected chi connectivity index (χ4v) is 6.45. The second-order valence-electron chi connectivity index (χ2n) is 10.3. The molecule has 0 aromatic heterocycles. The summed E-state index contributed by atoms with van der Waals surface area (Å²) in [5, 5.41) is 3.67. The lowest BCUT2D eigenvalue weighted by Crippen LogP contribution is -2.53. The number of unbranched alkanes of at least 4 members (excludes halogenated alkanes) is 1. The molecule has 1 atom stereocenters. The van der Waals surface area contributed by atoms with Crippen molar-refractivity contribution in [2.75, 3.05) is 17.4 Å². The predicted octanol–water partition coefficient (Wildman–Crippen LogP) is 6.75. The van der Waals surface area contributed by atoms with Gasteiger partial charge in [-0.2, -0.15) is 0 Å². The monoisotopic (exact) mass is 651 g/mol. The van der Waals surface area contributed by atoms with Crippen LogP contribution in [0.2, 0.25) is 10.0 Å². The summed E-state index contributed by atoms with van der Waals surface area (Å²) >= 11 is 12.3. The van der Waals surface area contributed by atoms with Crippen molar-refractivity contribution in [2.24, 2.45) is 0 Å². The van der Waals surface area contributed by atoms with Crippen LogP contribution >= 0.6 is 23.2 Å². The number of hydrogen-bond donors (Lipinski definition) is 1. The largest absolute Gasteiger partial charge is 0.354 e. The molecule has 230 valence electrons. The van der Waals surface area contributed by atoms with E-state index < -0.39 is 28.5 Å². The predicted molar refractivity (Wildman–Crippen MR) is 176 cm³/mol. The molecule has 0 aliphatic rings. The van der Waals surface area contributed by atoms with Crippen molar-refractivity contribution in [1.29, 1.82) is 0 Å². The molecule has 0 aliphatic carbocycles. The second kappa shape index (κ2) is 15.7. The standard InChI is InChI=1S/C34H35Cl2N3O4S/c1-2-3-21-37-34(41)32(22-26-11-6-4-7-12-26)38(24-27-13-8-5-9-14-27)33(40)25-39(30-16-10-15-29(36)23-30)44(42,43)31-19-17-28(35)18-20-31/h4-20,23,32H,2-3,21-22,24-25H2,1H3,(H,37,41)/t32-/m0/s1. The van der Waals surface area contributed by atoms with Crippen LogP contribution in [0.5, 0.6) is 0 Å². The molecule has 4 rings (SSSR count). The molecule has 4 aromatic carbocycles. The number of rotatable bonds is 14. The molecular weight excluding hydrogens is 617 g/mol. The lowest BCUT2D eigenvalue weighted by Gasteiger charge is -2.34. The molecule has 1 N–H and O–H groups in total. The molecule has 7 nitrogen and oxygen atoms in total. The molecule has 0 saturated heterocycles. The summed E-state index contributed by atoms with van der Waals surface area (Å²) in [6.45, 7) is 2.03. The van der Waals surface area contributed by atoms with Crippen molar-refractivity contribution in [1.82, 2.24) is 10.2 Å². The Balaban J connectivity index is 1.77. The van der Waals surface area contributed by atoms with Gasteiger partial charge in [0.05, 0.1) is 10.6 Å². The quantitative estimate of drug-likeness (QED) is 0.153. The third-order valence-electron chi connectivity index (χ3n) is 7.07. The number of anilines is 1. The molecule has 0 fully saturated rings. The van der Waals surface area contributed by atoms with Crippen molar-refractivity contribution in [3.05, 3.63) is 130 Å². The van der Waals surface area contributed by atoms with Crippen LogP contribution < -0.4 is 9.62 Å². The Hall–Kier alpha value is -3.85. The Kier molecular flexibility index (Phi) is 11.8. The number of nitrogens with one attached hydrogen (secondary N) is 1. The second-order valence-corrected chi connectivity index (χ2v) is 13.0. The summed E-state index contributed by atoms with van der Waals surface area (Å²) in [5.74, 6) is -0.848. The van der Waals surface area contributed by atoms with Gasteiger partial charge in [-0.15, -0.1) is 0 Å². The van der Waals surface area contributed by atoms with Gasteiger partial charge in [-0.05, 0) is 60.0 Å². The first-order chi connectivity index (χ1) is 21.2. The van der Waals surface area contributed by atoms with Crippen LogP contribution in [0.3, 0.4) is 0 Å². The Morgan fingerprint density at radius 1 is 0.795 bits per heavy atom. The zero-order valence-electron chi connectivity index (χ0n) is 24.4. The number of sulfonamides is 1. The highest BCUT2D eigenvalue weighted by atomic mass is 35.5. The summed E-state index contributed by atoms with van der Waals surface area (Å²) < 4.78 is 29.1. The molecule has 44 heavy (non-hydrogen) atoms. The normalized spacial score (nSPS) is 11.9. The highest BCUT2D eigenvalue weighted by Gasteiger charge is 2.34. The average molecular weight is 653 g/mol. The van der Waals surface area contributed by atoms with Gasteiger partial charge >= 0.3 is 0 Å². The summed E-state index contributed by atoms with van der Waals surface area (Å²) in [7, 11) is -4.24. The van der Waals surface area contributed by atoms with Crippen LogP contribution in [-0.4, -0.2) is 44.3 Å². The fraction of sp³-hybridized carbons (Fsp3) is 0.235. The molecule has 0 aliphatic heterocycles. The Morgan fingerprint density at radius 2 is 1.43 bits per heavy atom. The first kappa shape index (κ1) is 33.1. The molecule has 0 unspecified atom stereocenters. The van der Waals surface area contributed by atoms with E-state index in [0.29, 0.717) is 16.6 Å². The SMILES string of the molecule is CCCCNC(=O)[C@H](Cc1ccccc1)N(Cc1ccccc1)C(=O)CN(c1cccc(Cl)c1)S(=O)(=O)c1ccc(Cl)cc1. The third-order valence-corrected chi connectivity index (χ3v) is 9.35. The maximum absolute atomic E-state index is 14.4. The topological polar surface area (TPSA) is 86.8 Å². The zero-order chi connectivity index (χ0) is 31.5. The molecule has 10 heteroatoms. The fourth-order valence-electron chi connectivity index (χ4n) is 4.73. The van der Waals surface area contributed by atoms with Crippen molar-refractivity contribution in [3.8, 4) is 0 Å². The van der Waals surface area contributed by atoms with Gasteiger partial charge in [-0.3, -0.25) is 13.9 Å². The molecule has 0 radical (unpaired) electrons. The minimum atomic E-state index is -4.24. The highest BCUT2D eigenvalue weighted by Crippen LogP contribution is 2.28. The van der Waals surface area contributed by atoms with Gasteiger partial charge in [0, 0.05) is 29.6 Å². The highest BCUT2D eigenvalue weighted by molar-refractivity contribution is 7.92. The number of amides is 2. The number of halogens is 2. The van der Waals surface area contributed by atoms with E-state index in [4.69, 9.17) is 23.2 Å². The summed E-state index contributed by atoms with van der Waals surface area (Å²) in [6, 6.07) is 29.9. The molecule has 4 aromatic rings. The Morgan fingerprint density at radius 3 is 2.05 bits per heavy atom. The van der Waals surface area contributed by atoms with Crippen LogP contribution in [0, 0.1) is 0 Å². The Labute approximate surface area is 269 Å². The number of hydrogen-bond acceptors (Lipinski definition) is 4. The van der Waals surface area contributed by atoms with Gasteiger partial charge in [0.2, 0.25) is 11.8 Å². The minimum Gasteiger partial charge on any atom is -0.354 e. The minimum absolute atomic E-state index is 0.0394. The summed E-state index contributed by atoms with van der Waals surface area (Å²) in [5.41, 5.74) is 1.89. The van der Waals surface area contributed by atoms with Crippen LogP contribution in [0.25, 0.3) is 0 Å². The van der Waals surface area contributed by atoms with Crippen LogP contribution in [0.15, 0.2) is 114 Å². The Bertz CT molecular complexity index is 1640. The van der Waals surface area contributed by atoms with Gasteiger partial charge < -0.3 is 10.2 Å². The third kappa shape index (κ3) is 8.85. The van der Waals surface area contributed by atoms with Crippen molar-refractivity contribution < 1.29 is 18.0 Å². The van der Waals surface area contributed by atoms with Crippen molar-refractivity contribution in [2.45, 2.75) is 43.7 Å². The van der Waals surface area contributed by atoms with E-state index in [2.05, 4.69) is 5.32 Å². The molecule has 0 saturated carbocycles. The average Bonchev–Trinajstić information content (AvgIpc) is 3.02. The van der Waals surface area contributed by atoms with E-state index in [0.717, 1.165) is 28.3 Å². The van der Waals surface area contributed by atoms with Crippen LogP contribution in [0.4, 0.5) is 5.69 Å². The van der Waals surface area contributed by atoms with Crippen LogP contribution in [0.1, 0.15) is 30.9 Å². The van der Waals surface area contributed by atoms with Gasteiger partial charge in [-0.1, -0.05) is 103 Å². The smallest absolute Gasteiger partial charge is 0.264 e.